The van der Waals surface area contributed by atoms with Crippen molar-refractivity contribution in [1.29, 1.82) is 0 Å². The largest absolute Gasteiger partial charge is 0.378 e. The minimum absolute atomic E-state index is 0.129. The van der Waals surface area contributed by atoms with Crippen molar-refractivity contribution >= 4 is 38.5 Å². The molecule has 0 saturated heterocycles. The molecule has 4 nitrogen and oxygen atoms in total. The summed E-state index contributed by atoms with van der Waals surface area (Å²) in [5.41, 5.74) is 5.59. The first-order chi connectivity index (χ1) is 11.8. The summed E-state index contributed by atoms with van der Waals surface area (Å²) in [6.45, 7) is 0. The Labute approximate surface area is 154 Å². The van der Waals surface area contributed by atoms with Crippen LogP contribution < -0.4 is 10.0 Å². The average Bonchev–Trinajstić information content (AvgIpc) is 3.03. The predicted molar refractivity (Wildman–Crippen MR) is 104 cm³/mol. The Morgan fingerprint density at radius 2 is 1.64 bits per heavy atom. The van der Waals surface area contributed by atoms with Crippen LogP contribution in [-0.2, 0) is 10.0 Å². The third kappa shape index (κ3) is 3.73. The van der Waals surface area contributed by atoms with E-state index in [1.54, 1.807) is 12.1 Å². The highest BCUT2D eigenvalue weighted by atomic mass is 35.5. The van der Waals surface area contributed by atoms with E-state index in [4.69, 9.17) is 16.7 Å². The number of allylic oxidation sites excluding steroid dienone is 2. The van der Waals surface area contributed by atoms with Gasteiger partial charge in [0.15, 0.2) is 0 Å². The van der Waals surface area contributed by atoms with Gasteiger partial charge in [-0.2, -0.15) is 0 Å². The molecular weight excluding hydrogens is 356 g/mol. The van der Waals surface area contributed by atoms with E-state index < -0.39 is 10.0 Å². The number of primary sulfonamides is 1. The first-order valence-electron chi connectivity index (χ1n) is 8.10. The predicted octanol–water partition coefficient (Wildman–Crippen LogP) is 4.15. The van der Waals surface area contributed by atoms with Gasteiger partial charge >= 0.3 is 0 Å². The number of rotatable bonds is 4. The molecule has 0 aromatic heterocycles. The first-order valence-corrected chi connectivity index (χ1v) is 10.0. The van der Waals surface area contributed by atoms with E-state index in [1.807, 2.05) is 37.2 Å². The number of hydrogen-bond acceptors (Lipinski definition) is 3. The van der Waals surface area contributed by atoms with Gasteiger partial charge in [-0.3, -0.25) is 0 Å². The Bertz CT molecular complexity index is 932. The summed E-state index contributed by atoms with van der Waals surface area (Å²) < 4.78 is 22.9. The Balaban J connectivity index is 2.03. The van der Waals surface area contributed by atoms with E-state index in [0.717, 1.165) is 41.1 Å². The van der Waals surface area contributed by atoms with Crippen LogP contribution in [0, 0.1) is 0 Å². The smallest absolute Gasteiger partial charge is 0.238 e. The fourth-order valence-corrected chi connectivity index (χ4v) is 4.04. The molecule has 3 rings (SSSR count). The van der Waals surface area contributed by atoms with Crippen LogP contribution in [0.5, 0.6) is 0 Å². The second kappa shape index (κ2) is 6.83. The Morgan fingerprint density at radius 3 is 2.20 bits per heavy atom. The van der Waals surface area contributed by atoms with Crippen molar-refractivity contribution in [2.75, 3.05) is 19.0 Å². The molecule has 6 heteroatoms. The quantitative estimate of drug-likeness (QED) is 0.871. The number of hydrogen-bond donors (Lipinski definition) is 1. The van der Waals surface area contributed by atoms with Crippen molar-refractivity contribution in [3.8, 4) is 0 Å². The van der Waals surface area contributed by atoms with Gasteiger partial charge in [0.05, 0.1) is 9.92 Å². The fourth-order valence-electron chi connectivity index (χ4n) is 3.23. The Kier molecular flexibility index (Phi) is 4.91. The molecule has 1 aliphatic rings. The molecule has 1 aliphatic carbocycles. The van der Waals surface area contributed by atoms with Crippen molar-refractivity contribution in [3.05, 3.63) is 58.6 Å². The van der Waals surface area contributed by atoms with Gasteiger partial charge in [0.25, 0.3) is 0 Å². The molecule has 0 saturated carbocycles. The maximum Gasteiger partial charge on any atom is 0.238 e. The van der Waals surface area contributed by atoms with E-state index in [-0.39, 0.29) is 4.90 Å². The summed E-state index contributed by atoms with van der Waals surface area (Å²) >= 11 is 6.53. The zero-order valence-electron chi connectivity index (χ0n) is 14.3. The van der Waals surface area contributed by atoms with Crippen LogP contribution >= 0.6 is 11.6 Å². The summed E-state index contributed by atoms with van der Waals surface area (Å²) in [6.07, 6.45) is 2.98. The molecule has 0 bridgehead atoms. The lowest BCUT2D eigenvalue weighted by molar-refractivity contribution is 0.598. The molecule has 25 heavy (non-hydrogen) atoms. The molecule has 0 aliphatic heterocycles. The number of nitrogens with zero attached hydrogens (tertiary/aromatic N) is 1. The molecule has 2 N–H and O–H groups in total. The number of sulfonamides is 1. The van der Waals surface area contributed by atoms with Crippen molar-refractivity contribution < 1.29 is 8.42 Å². The maximum absolute atomic E-state index is 11.4. The van der Waals surface area contributed by atoms with Crippen LogP contribution in [0.15, 0.2) is 47.4 Å². The van der Waals surface area contributed by atoms with Gasteiger partial charge < -0.3 is 4.90 Å². The SMILES string of the molecule is CN(C)c1ccc(C2=C(c3ccc(S(N)(=O)=O)cc3)CCC2)c(Cl)c1. The Morgan fingerprint density at radius 1 is 1.00 bits per heavy atom. The summed E-state index contributed by atoms with van der Waals surface area (Å²) in [7, 11) is 0.299. The van der Waals surface area contributed by atoms with Gasteiger partial charge in [-0.25, -0.2) is 13.6 Å². The van der Waals surface area contributed by atoms with Crippen LogP contribution in [0.2, 0.25) is 5.02 Å². The molecule has 0 atom stereocenters. The van der Waals surface area contributed by atoms with Crippen LogP contribution in [0.4, 0.5) is 5.69 Å². The van der Waals surface area contributed by atoms with Crippen LogP contribution in [0.3, 0.4) is 0 Å². The van der Waals surface area contributed by atoms with Crippen LogP contribution in [0.25, 0.3) is 11.1 Å². The van der Waals surface area contributed by atoms with Gasteiger partial charge in [-0.1, -0.05) is 29.8 Å². The highest BCUT2D eigenvalue weighted by Crippen LogP contribution is 2.42. The minimum atomic E-state index is -3.67. The van der Waals surface area contributed by atoms with E-state index in [1.165, 1.54) is 11.1 Å². The molecule has 0 radical (unpaired) electrons. The first kappa shape index (κ1) is 18.0. The maximum atomic E-state index is 11.4. The third-order valence-corrected chi connectivity index (χ3v) is 5.79. The second-order valence-corrected chi connectivity index (χ2v) is 8.41. The van der Waals surface area contributed by atoms with Gasteiger partial charge in [-0.05, 0) is 65.8 Å². The van der Waals surface area contributed by atoms with E-state index >= 15 is 0 Å². The van der Waals surface area contributed by atoms with Gasteiger partial charge in [0.1, 0.15) is 0 Å². The topological polar surface area (TPSA) is 63.4 Å². The van der Waals surface area contributed by atoms with E-state index in [9.17, 15) is 8.42 Å². The van der Waals surface area contributed by atoms with Gasteiger partial charge in [-0.15, -0.1) is 0 Å². The fraction of sp³-hybridized carbons (Fsp3) is 0.263. The molecule has 0 unspecified atom stereocenters. The number of anilines is 1. The zero-order valence-corrected chi connectivity index (χ0v) is 15.9. The number of halogens is 1. The molecule has 132 valence electrons. The van der Waals surface area contributed by atoms with Crippen molar-refractivity contribution in [2.45, 2.75) is 24.2 Å². The van der Waals surface area contributed by atoms with Crippen LogP contribution in [0.1, 0.15) is 30.4 Å². The second-order valence-electron chi connectivity index (χ2n) is 6.44. The van der Waals surface area contributed by atoms with E-state index in [0.29, 0.717) is 0 Å². The summed E-state index contributed by atoms with van der Waals surface area (Å²) in [5, 5.41) is 5.91. The highest BCUT2D eigenvalue weighted by molar-refractivity contribution is 7.89. The van der Waals surface area contributed by atoms with Crippen LogP contribution in [-0.4, -0.2) is 22.5 Å². The standard InChI is InChI=1S/C19H21ClN2O2S/c1-22(2)14-8-11-18(19(20)12-14)17-5-3-4-16(17)13-6-9-15(10-7-13)25(21,23)24/h6-12H,3-5H2,1-2H3,(H2,21,23,24). The van der Waals surface area contributed by atoms with Crippen molar-refractivity contribution in [2.24, 2.45) is 5.14 Å². The highest BCUT2D eigenvalue weighted by Gasteiger charge is 2.20. The summed E-state index contributed by atoms with van der Waals surface area (Å²) in [5.74, 6) is 0. The lowest BCUT2D eigenvalue weighted by Crippen LogP contribution is -2.11. The lowest BCUT2D eigenvalue weighted by atomic mass is 9.97. The number of nitrogens with two attached hydrogens (primary N) is 1. The zero-order chi connectivity index (χ0) is 18.2. The molecule has 0 heterocycles. The van der Waals surface area contributed by atoms with Crippen molar-refractivity contribution in [1.82, 2.24) is 0 Å². The van der Waals surface area contributed by atoms with E-state index in [2.05, 4.69) is 12.1 Å². The third-order valence-electron chi connectivity index (χ3n) is 4.54. The summed E-state index contributed by atoms with van der Waals surface area (Å²) in [6, 6.07) is 12.9. The molecule has 0 fully saturated rings. The molecule has 0 spiro atoms. The average molecular weight is 377 g/mol. The Hall–Kier alpha value is -1.82. The van der Waals surface area contributed by atoms with Gasteiger partial charge in [0.2, 0.25) is 10.0 Å². The molecule has 0 amide bonds. The van der Waals surface area contributed by atoms with Gasteiger partial charge in [0, 0.05) is 19.8 Å². The summed E-state index contributed by atoms with van der Waals surface area (Å²) in [4.78, 5) is 2.15. The number of benzene rings is 2. The van der Waals surface area contributed by atoms with Crippen molar-refractivity contribution in [3.63, 3.8) is 0 Å². The lowest BCUT2D eigenvalue weighted by Gasteiger charge is -2.16. The normalized spacial score (nSPS) is 14.9. The monoisotopic (exact) mass is 376 g/mol. The minimum Gasteiger partial charge on any atom is -0.378 e. The molecule has 2 aromatic carbocycles. The molecule has 2 aromatic rings. The molecular formula is C19H21ClN2O2S.